The number of hydrogen-bond acceptors (Lipinski definition) is 4. The second-order valence-corrected chi connectivity index (χ2v) is 6.93. The van der Waals surface area contributed by atoms with Gasteiger partial charge < -0.3 is 9.47 Å². The summed E-state index contributed by atoms with van der Waals surface area (Å²) in [6.45, 7) is 6.95. The minimum atomic E-state index is -1.46. The van der Waals surface area contributed by atoms with Crippen LogP contribution in [0.15, 0.2) is 29.2 Å². The molecule has 0 bridgehead atoms. The van der Waals surface area contributed by atoms with E-state index in [0.29, 0.717) is 10.6 Å². The largest absolute Gasteiger partial charge is 0.497 e. The van der Waals surface area contributed by atoms with E-state index in [0.717, 1.165) is 0 Å². The van der Waals surface area contributed by atoms with Crippen LogP contribution in [-0.2, 0) is 20.3 Å². The fourth-order valence-electron chi connectivity index (χ4n) is 1.40. The lowest BCUT2D eigenvalue weighted by Gasteiger charge is -2.22. The molecule has 2 atom stereocenters. The maximum absolute atomic E-state index is 12.3. The molecule has 0 aromatic heterocycles. The number of carbonyl (C=O) groups is 1. The number of methoxy groups -OCH3 is 1. The molecule has 0 aliphatic heterocycles. The second kappa shape index (κ2) is 6.19. The highest BCUT2D eigenvalue weighted by atomic mass is 32.2. The van der Waals surface area contributed by atoms with Crippen molar-refractivity contribution in [3.63, 3.8) is 0 Å². The summed E-state index contributed by atoms with van der Waals surface area (Å²) in [7, 11) is 0.0816. The molecular weight excluding hydrogens is 264 g/mol. The molecule has 0 aliphatic carbocycles. The van der Waals surface area contributed by atoms with E-state index >= 15 is 0 Å². The molecule has 19 heavy (non-hydrogen) atoms. The SMILES string of the molecule is COc1cccc(S(=O)C(C)C(=O)OC(C)(C)C)c1. The van der Waals surface area contributed by atoms with Gasteiger partial charge in [0.15, 0.2) is 0 Å². The first-order valence-electron chi connectivity index (χ1n) is 6.02. The van der Waals surface area contributed by atoms with Crippen LogP contribution in [0, 0.1) is 0 Å². The lowest BCUT2D eigenvalue weighted by atomic mass is 10.2. The zero-order chi connectivity index (χ0) is 14.6. The Kier molecular flexibility index (Phi) is 5.11. The zero-order valence-corrected chi connectivity index (χ0v) is 12.7. The van der Waals surface area contributed by atoms with Crippen molar-refractivity contribution in [3.05, 3.63) is 24.3 Å². The number of carbonyl (C=O) groups excluding carboxylic acids is 1. The molecule has 0 heterocycles. The van der Waals surface area contributed by atoms with Gasteiger partial charge in [0.05, 0.1) is 17.9 Å². The predicted octanol–water partition coefficient (Wildman–Crippen LogP) is 2.53. The van der Waals surface area contributed by atoms with Crippen molar-refractivity contribution in [2.24, 2.45) is 0 Å². The summed E-state index contributed by atoms with van der Waals surface area (Å²) < 4.78 is 22.6. The lowest BCUT2D eigenvalue weighted by molar-refractivity contribution is -0.153. The van der Waals surface area contributed by atoms with Crippen molar-refractivity contribution < 1.29 is 18.5 Å². The normalized spacial score (nSPS) is 14.6. The van der Waals surface area contributed by atoms with Crippen LogP contribution in [0.1, 0.15) is 27.7 Å². The van der Waals surface area contributed by atoms with E-state index in [1.807, 2.05) is 0 Å². The predicted molar refractivity (Wildman–Crippen MR) is 74.7 cm³/mol. The molecule has 106 valence electrons. The van der Waals surface area contributed by atoms with Gasteiger partial charge in [-0.05, 0) is 45.9 Å². The highest BCUT2D eigenvalue weighted by Gasteiger charge is 2.27. The molecule has 5 heteroatoms. The van der Waals surface area contributed by atoms with Crippen LogP contribution >= 0.6 is 0 Å². The molecule has 1 aromatic carbocycles. The highest BCUT2D eigenvalue weighted by Crippen LogP contribution is 2.20. The van der Waals surface area contributed by atoms with Crippen LogP contribution < -0.4 is 4.74 Å². The standard InChI is InChI=1S/C14H20O4S/c1-10(13(15)18-14(2,3)4)19(16)12-8-6-7-11(9-12)17-5/h6-10H,1-5H3. The van der Waals surface area contributed by atoms with Crippen molar-refractivity contribution in [1.29, 1.82) is 0 Å². The zero-order valence-electron chi connectivity index (χ0n) is 11.9. The van der Waals surface area contributed by atoms with Gasteiger partial charge in [0.25, 0.3) is 0 Å². The molecular formula is C14H20O4S. The maximum Gasteiger partial charge on any atom is 0.322 e. The molecule has 0 saturated heterocycles. The summed E-state index contributed by atoms with van der Waals surface area (Å²) >= 11 is 0. The summed E-state index contributed by atoms with van der Waals surface area (Å²) in [5, 5.41) is -0.716. The molecule has 1 aromatic rings. The first kappa shape index (κ1) is 15.7. The highest BCUT2D eigenvalue weighted by molar-refractivity contribution is 7.86. The average molecular weight is 284 g/mol. The summed E-state index contributed by atoms with van der Waals surface area (Å²) in [5.41, 5.74) is -0.579. The van der Waals surface area contributed by atoms with E-state index in [4.69, 9.17) is 9.47 Å². The topological polar surface area (TPSA) is 52.6 Å². The third-order valence-electron chi connectivity index (χ3n) is 2.33. The minimum Gasteiger partial charge on any atom is -0.497 e. The van der Waals surface area contributed by atoms with Gasteiger partial charge in [-0.25, -0.2) is 0 Å². The molecule has 0 saturated carbocycles. The molecule has 0 amide bonds. The maximum atomic E-state index is 12.3. The van der Waals surface area contributed by atoms with Crippen molar-refractivity contribution >= 4 is 16.8 Å². The molecule has 1 rings (SSSR count). The van der Waals surface area contributed by atoms with Crippen molar-refractivity contribution in [3.8, 4) is 5.75 Å². The Morgan fingerprint density at radius 1 is 1.32 bits per heavy atom. The summed E-state index contributed by atoms with van der Waals surface area (Å²) in [5.74, 6) is 0.149. The fraction of sp³-hybridized carbons (Fsp3) is 0.500. The van der Waals surface area contributed by atoms with E-state index < -0.39 is 27.6 Å². The van der Waals surface area contributed by atoms with E-state index in [-0.39, 0.29) is 0 Å². The van der Waals surface area contributed by atoms with Gasteiger partial charge in [-0.3, -0.25) is 9.00 Å². The van der Waals surface area contributed by atoms with Gasteiger partial charge in [0.1, 0.15) is 16.6 Å². The third kappa shape index (κ3) is 4.67. The van der Waals surface area contributed by atoms with Gasteiger partial charge in [0.2, 0.25) is 0 Å². The Labute approximate surface area is 116 Å². The fourth-order valence-corrected chi connectivity index (χ4v) is 2.48. The van der Waals surface area contributed by atoms with Crippen molar-refractivity contribution in [2.75, 3.05) is 7.11 Å². The third-order valence-corrected chi connectivity index (χ3v) is 3.89. The van der Waals surface area contributed by atoms with E-state index in [9.17, 15) is 9.00 Å². The van der Waals surface area contributed by atoms with Crippen LogP contribution in [0.25, 0.3) is 0 Å². The monoisotopic (exact) mass is 284 g/mol. The van der Waals surface area contributed by atoms with Crippen LogP contribution in [0.3, 0.4) is 0 Å². The molecule has 0 radical (unpaired) electrons. The molecule has 2 unspecified atom stereocenters. The number of esters is 1. The Bertz CT molecular complexity index is 477. The van der Waals surface area contributed by atoms with E-state index in [1.165, 1.54) is 0 Å². The van der Waals surface area contributed by atoms with Crippen LogP contribution in [0.2, 0.25) is 0 Å². The second-order valence-electron chi connectivity index (χ2n) is 5.15. The van der Waals surface area contributed by atoms with Crippen LogP contribution in [0.4, 0.5) is 0 Å². The first-order valence-corrected chi connectivity index (χ1v) is 7.23. The Hall–Kier alpha value is -1.36. The molecule has 0 aliphatic rings. The number of hydrogen-bond donors (Lipinski definition) is 0. The van der Waals surface area contributed by atoms with Gasteiger partial charge in [-0.15, -0.1) is 0 Å². The quantitative estimate of drug-likeness (QED) is 0.797. The molecule has 0 spiro atoms. The van der Waals surface area contributed by atoms with Gasteiger partial charge in [-0.1, -0.05) is 6.07 Å². The Morgan fingerprint density at radius 2 is 1.95 bits per heavy atom. The summed E-state index contributed by atoms with van der Waals surface area (Å²) in [6, 6.07) is 6.88. The summed E-state index contributed by atoms with van der Waals surface area (Å²) in [4.78, 5) is 12.4. The van der Waals surface area contributed by atoms with Gasteiger partial charge >= 0.3 is 5.97 Å². The van der Waals surface area contributed by atoms with E-state index in [1.54, 1.807) is 59.1 Å². The number of rotatable bonds is 4. The minimum absolute atomic E-state index is 0.464. The molecule has 0 N–H and O–H groups in total. The van der Waals surface area contributed by atoms with Gasteiger partial charge in [0, 0.05) is 4.90 Å². The van der Waals surface area contributed by atoms with Crippen LogP contribution in [-0.4, -0.2) is 28.1 Å². The van der Waals surface area contributed by atoms with Crippen molar-refractivity contribution in [1.82, 2.24) is 0 Å². The van der Waals surface area contributed by atoms with Gasteiger partial charge in [-0.2, -0.15) is 0 Å². The van der Waals surface area contributed by atoms with Crippen LogP contribution in [0.5, 0.6) is 5.75 Å². The van der Waals surface area contributed by atoms with Crippen molar-refractivity contribution in [2.45, 2.75) is 43.4 Å². The Balaban J connectivity index is 2.84. The molecule has 4 nitrogen and oxygen atoms in total. The van der Waals surface area contributed by atoms with E-state index in [2.05, 4.69) is 0 Å². The number of benzene rings is 1. The lowest BCUT2D eigenvalue weighted by Crippen LogP contribution is -2.32. The summed E-state index contributed by atoms with van der Waals surface area (Å²) in [6.07, 6.45) is 0. The smallest absolute Gasteiger partial charge is 0.322 e. The average Bonchev–Trinajstić information content (AvgIpc) is 2.35. The first-order chi connectivity index (χ1) is 8.74. The molecule has 0 fully saturated rings. The number of ether oxygens (including phenoxy) is 2. The Morgan fingerprint density at radius 3 is 2.47 bits per heavy atom.